The highest BCUT2D eigenvalue weighted by Gasteiger charge is 2.06. The highest BCUT2D eigenvalue weighted by Crippen LogP contribution is 2.27. The molecule has 0 spiro atoms. The molecule has 1 heterocycles. The summed E-state index contributed by atoms with van der Waals surface area (Å²) in [6, 6.07) is 5.59. The van der Waals surface area contributed by atoms with Crippen molar-refractivity contribution >= 4 is 44.2 Å². The second kappa shape index (κ2) is 8.96. The van der Waals surface area contributed by atoms with Gasteiger partial charge in [0, 0.05) is 11.6 Å². The first-order valence-electron chi connectivity index (χ1n) is 7.75. The highest BCUT2D eigenvalue weighted by molar-refractivity contribution is 7.22. The standard InChI is InChI=1S/C16H22ClN3OS/c1-2-3-4-5-6-9-18-15(21)11-19-16-20-13-8-7-12(17)10-14(13)22-16/h7-8,10H,2-6,9,11H2,1H3,(H,18,21)(H,19,20). The number of benzene rings is 1. The van der Waals surface area contributed by atoms with E-state index in [0.717, 1.165) is 28.3 Å². The maximum Gasteiger partial charge on any atom is 0.239 e. The average Bonchev–Trinajstić information content (AvgIpc) is 2.90. The molecule has 0 aliphatic heterocycles. The average molecular weight is 340 g/mol. The van der Waals surface area contributed by atoms with Crippen molar-refractivity contribution in [2.24, 2.45) is 0 Å². The summed E-state index contributed by atoms with van der Waals surface area (Å²) >= 11 is 7.46. The number of rotatable bonds is 9. The van der Waals surface area contributed by atoms with Crippen molar-refractivity contribution in [3.63, 3.8) is 0 Å². The number of amides is 1. The Morgan fingerprint density at radius 1 is 1.27 bits per heavy atom. The Balaban J connectivity index is 1.69. The van der Waals surface area contributed by atoms with Crippen LogP contribution in [-0.2, 0) is 4.79 Å². The van der Waals surface area contributed by atoms with Crippen LogP contribution in [0.4, 0.5) is 5.13 Å². The van der Waals surface area contributed by atoms with Crippen molar-refractivity contribution in [3.05, 3.63) is 23.2 Å². The highest BCUT2D eigenvalue weighted by atomic mass is 35.5. The number of nitrogens with one attached hydrogen (secondary N) is 2. The molecule has 0 saturated heterocycles. The molecule has 0 unspecified atom stereocenters. The van der Waals surface area contributed by atoms with E-state index in [9.17, 15) is 4.79 Å². The molecule has 2 aromatic rings. The summed E-state index contributed by atoms with van der Waals surface area (Å²) in [7, 11) is 0. The van der Waals surface area contributed by atoms with Crippen LogP contribution in [0, 0.1) is 0 Å². The first kappa shape index (κ1) is 17.0. The number of hydrogen-bond acceptors (Lipinski definition) is 4. The number of thiazole rings is 1. The normalized spacial score (nSPS) is 10.8. The molecule has 1 aromatic carbocycles. The summed E-state index contributed by atoms with van der Waals surface area (Å²) in [5.74, 6) is 0.00720. The van der Waals surface area contributed by atoms with Gasteiger partial charge in [0.25, 0.3) is 0 Å². The van der Waals surface area contributed by atoms with Crippen LogP contribution in [0.15, 0.2) is 18.2 Å². The van der Waals surface area contributed by atoms with Crippen molar-refractivity contribution in [1.29, 1.82) is 0 Å². The Labute approximate surface area is 140 Å². The number of unbranched alkanes of at least 4 members (excludes halogenated alkanes) is 4. The molecule has 0 saturated carbocycles. The lowest BCUT2D eigenvalue weighted by Crippen LogP contribution is -2.30. The number of anilines is 1. The van der Waals surface area contributed by atoms with Crippen molar-refractivity contribution in [2.45, 2.75) is 39.0 Å². The molecular formula is C16H22ClN3OS. The van der Waals surface area contributed by atoms with Gasteiger partial charge < -0.3 is 10.6 Å². The number of halogens is 1. The summed E-state index contributed by atoms with van der Waals surface area (Å²) in [4.78, 5) is 16.2. The van der Waals surface area contributed by atoms with Gasteiger partial charge >= 0.3 is 0 Å². The summed E-state index contributed by atoms with van der Waals surface area (Å²) < 4.78 is 1.02. The fourth-order valence-corrected chi connectivity index (χ4v) is 3.29. The smallest absolute Gasteiger partial charge is 0.239 e. The number of carbonyl (C=O) groups excluding carboxylic acids is 1. The van der Waals surface area contributed by atoms with Gasteiger partial charge in [-0.15, -0.1) is 0 Å². The number of fused-ring (bicyclic) bond motifs is 1. The van der Waals surface area contributed by atoms with Crippen LogP contribution in [-0.4, -0.2) is 24.0 Å². The lowest BCUT2D eigenvalue weighted by molar-refractivity contribution is -0.119. The third-order valence-corrected chi connectivity index (χ3v) is 4.56. The molecule has 120 valence electrons. The minimum Gasteiger partial charge on any atom is -0.355 e. The fraction of sp³-hybridized carbons (Fsp3) is 0.500. The first-order chi connectivity index (χ1) is 10.7. The molecule has 6 heteroatoms. The van der Waals surface area contributed by atoms with Gasteiger partial charge in [-0.1, -0.05) is 55.5 Å². The fourth-order valence-electron chi connectivity index (χ4n) is 2.15. The van der Waals surface area contributed by atoms with Crippen LogP contribution in [0.5, 0.6) is 0 Å². The molecule has 0 atom stereocenters. The van der Waals surface area contributed by atoms with Crippen LogP contribution in [0.3, 0.4) is 0 Å². The van der Waals surface area contributed by atoms with Gasteiger partial charge in [-0.3, -0.25) is 4.79 Å². The largest absolute Gasteiger partial charge is 0.355 e. The number of hydrogen-bond donors (Lipinski definition) is 2. The van der Waals surface area contributed by atoms with E-state index >= 15 is 0 Å². The summed E-state index contributed by atoms with van der Waals surface area (Å²) in [6.45, 7) is 3.20. The monoisotopic (exact) mass is 339 g/mol. The zero-order valence-electron chi connectivity index (χ0n) is 12.8. The first-order valence-corrected chi connectivity index (χ1v) is 8.95. The van der Waals surface area contributed by atoms with Crippen molar-refractivity contribution < 1.29 is 4.79 Å². The SMILES string of the molecule is CCCCCCCNC(=O)CNc1nc2ccc(Cl)cc2s1. The van der Waals surface area contributed by atoms with Crippen molar-refractivity contribution in [2.75, 3.05) is 18.4 Å². The Morgan fingerprint density at radius 3 is 2.91 bits per heavy atom. The molecule has 0 fully saturated rings. The molecule has 22 heavy (non-hydrogen) atoms. The zero-order valence-corrected chi connectivity index (χ0v) is 14.4. The van der Waals surface area contributed by atoms with E-state index in [1.165, 1.54) is 37.0 Å². The summed E-state index contributed by atoms with van der Waals surface area (Å²) in [6.07, 6.45) is 5.99. The second-order valence-corrected chi connectivity index (χ2v) is 6.72. The zero-order chi connectivity index (χ0) is 15.8. The Hall–Kier alpha value is -1.33. The van der Waals surface area contributed by atoms with Crippen LogP contribution < -0.4 is 10.6 Å². The van der Waals surface area contributed by atoms with E-state index in [1.807, 2.05) is 18.2 Å². The molecule has 0 aliphatic rings. The lowest BCUT2D eigenvalue weighted by Gasteiger charge is -2.05. The molecule has 0 radical (unpaired) electrons. The molecular weight excluding hydrogens is 318 g/mol. The minimum atomic E-state index is 0.00720. The Kier molecular flexibility index (Phi) is 6.93. The van der Waals surface area contributed by atoms with Gasteiger partial charge in [0.2, 0.25) is 5.91 Å². The quantitative estimate of drug-likeness (QED) is 0.664. The van der Waals surface area contributed by atoms with Gasteiger partial charge in [-0.05, 0) is 24.6 Å². The second-order valence-electron chi connectivity index (χ2n) is 5.25. The maximum atomic E-state index is 11.8. The molecule has 0 bridgehead atoms. The van der Waals surface area contributed by atoms with Gasteiger partial charge in [0.15, 0.2) is 5.13 Å². The van der Waals surface area contributed by atoms with Crippen molar-refractivity contribution in [1.82, 2.24) is 10.3 Å². The van der Waals surface area contributed by atoms with Gasteiger partial charge in [-0.2, -0.15) is 0 Å². The van der Waals surface area contributed by atoms with Crippen LogP contribution in [0.1, 0.15) is 39.0 Å². The minimum absolute atomic E-state index is 0.00720. The lowest BCUT2D eigenvalue weighted by atomic mass is 10.1. The van der Waals surface area contributed by atoms with E-state index in [-0.39, 0.29) is 12.5 Å². The van der Waals surface area contributed by atoms with E-state index < -0.39 is 0 Å². The van der Waals surface area contributed by atoms with E-state index in [1.54, 1.807) is 0 Å². The number of nitrogens with zero attached hydrogens (tertiary/aromatic N) is 1. The van der Waals surface area contributed by atoms with Crippen LogP contribution in [0.2, 0.25) is 5.02 Å². The van der Waals surface area contributed by atoms with Crippen molar-refractivity contribution in [3.8, 4) is 0 Å². The van der Waals surface area contributed by atoms with Gasteiger partial charge in [-0.25, -0.2) is 4.98 Å². The predicted octanol–water partition coefficient (Wildman–Crippen LogP) is 4.45. The third-order valence-electron chi connectivity index (χ3n) is 3.35. The van der Waals surface area contributed by atoms with Gasteiger partial charge in [0.05, 0.1) is 16.8 Å². The molecule has 2 rings (SSSR count). The Bertz CT molecular complexity index is 614. The molecule has 1 amide bonds. The molecule has 0 aliphatic carbocycles. The number of carbonyl (C=O) groups is 1. The topological polar surface area (TPSA) is 54.0 Å². The van der Waals surface area contributed by atoms with E-state index in [0.29, 0.717) is 5.02 Å². The predicted molar refractivity (Wildman–Crippen MR) is 94.9 cm³/mol. The number of aromatic nitrogens is 1. The molecule has 4 nitrogen and oxygen atoms in total. The van der Waals surface area contributed by atoms with Gasteiger partial charge in [0.1, 0.15) is 0 Å². The molecule has 1 aromatic heterocycles. The maximum absolute atomic E-state index is 11.8. The third kappa shape index (κ3) is 5.46. The van der Waals surface area contributed by atoms with E-state index in [4.69, 9.17) is 11.6 Å². The van der Waals surface area contributed by atoms with E-state index in [2.05, 4.69) is 22.5 Å². The van der Waals surface area contributed by atoms with Crippen LogP contribution >= 0.6 is 22.9 Å². The molecule has 2 N–H and O–H groups in total. The summed E-state index contributed by atoms with van der Waals surface area (Å²) in [5, 5.41) is 7.44. The summed E-state index contributed by atoms with van der Waals surface area (Å²) in [5.41, 5.74) is 0.897. The van der Waals surface area contributed by atoms with Crippen LogP contribution in [0.25, 0.3) is 10.2 Å². The Morgan fingerprint density at radius 2 is 2.09 bits per heavy atom.